The number of nitro groups is 1. The molecular weight excluding hydrogens is 354 g/mol. The van der Waals surface area contributed by atoms with Crippen LogP contribution in [-0.4, -0.2) is 22.5 Å². The highest BCUT2D eigenvalue weighted by Gasteiger charge is 2.13. The number of hydrogen-bond acceptors (Lipinski definition) is 5. The van der Waals surface area contributed by atoms with Crippen LogP contribution in [0.5, 0.6) is 5.75 Å². The molecule has 0 aliphatic heterocycles. The molecule has 1 aromatic heterocycles. The van der Waals surface area contributed by atoms with Gasteiger partial charge >= 0.3 is 0 Å². The molecule has 0 N–H and O–H groups in total. The van der Waals surface area contributed by atoms with E-state index in [1.165, 1.54) is 30.6 Å². The smallest absolute Gasteiger partial charge is 0.279 e. The van der Waals surface area contributed by atoms with Crippen LogP contribution < -0.4 is 9.54 Å². The molecule has 3 rings (SSSR count). The van der Waals surface area contributed by atoms with Crippen molar-refractivity contribution in [3.8, 4) is 5.75 Å². The summed E-state index contributed by atoms with van der Waals surface area (Å²) in [6.07, 6.45) is 1.65. The van der Waals surface area contributed by atoms with Gasteiger partial charge < -0.3 is 9.30 Å². The maximum atomic E-state index is 12.5. The topological polar surface area (TPSA) is 86.7 Å². The molecular formula is C18H15N3O4S. The number of nitrogens with zero attached hydrogens (tertiary/aromatic N) is 3. The highest BCUT2D eigenvalue weighted by Crippen LogP contribution is 2.23. The molecule has 0 atom stereocenters. The third kappa shape index (κ3) is 3.40. The fourth-order valence-corrected chi connectivity index (χ4v) is 3.49. The molecule has 0 aliphatic carbocycles. The first-order valence-corrected chi connectivity index (χ1v) is 8.47. The highest BCUT2D eigenvalue weighted by atomic mass is 32.1. The van der Waals surface area contributed by atoms with E-state index in [0.717, 1.165) is 4.70 Å². The molecule has 0 aliphatic rings. The fourth-order valence-electron chi connectivity index (χ4n) is 2.47. The van der Waals surface area contributed by atoms with Crippen LogP contribution in [0.15, 0.2) is 60.1 Å². The summed E-state index contributed by atoms with van der Waals surface area (Å²) in [6, 6.07) is 11.3. The van der Waals surface area contributed by atoms with Gasteiger partial charge in [0.2, 0.25) is 0 Å². The van der Waals surface area contributed by atoms with Crippen LogP contribution in [0.1, 0.15) is 10.4 Å². The number of ether oxygens (including phenoxy) is 1. The molecule has 0 fully saturated rings. The van der Waals surface area contributed by atoms with Crippen LogP contribution in [0, 0.1) is 10.1 Å². The van der Waals surface area contributed by atoms with Gasteiger partial charge in [0.25, 0.3) is 11.6 Å². The lowest BCUT2D eigenvalue weighted by molar-refractivity contribution is -0.384. The predicted molar refractivity (Wildman–Crippen MR) is 99.6 cm³/mol. The van der Waals surface area contributed by atoms with E-state index >= 15 is 0 Å². The summed E-state index contributed by atoms with van der Waals surface area (Å²) in [5.74, 6) is 0.153. The van der Waals surface area contributed by atoms with Gasteiger partial charge in [0.1, 0.15) is 5.75 Å². The number of aromatic nitrogens is 1. The maximum Gasteiger partial charge on any atom is 0.279 e. The van der Waals surface area contributed by atoms with Gasteiger partial charge in [-0.05, 0) is 24.3 Å². The molecule has 0 unspecified atom stereocenters. The first-order valence-electron chi connectivity index (χ1n) is 7.65. The number of thiazole rings is 1. The second kappa shape index (κ2) is 7.32. The average Bonchev–Trinajstić information content (AvgIpc) is 2.98. The van der Waals surface area contributed by atoms with Crippen molar-refractivity contribution >= 4 is 33.1 Å². The van der Waals surface area contributed by atoms with E-state index in [0.29, 0.717) is 28.2 Å². The van der Waals surface area contributed by atoms with Crippen molar-refractivity contribution in [2.45, 2.75) is 6.54 Å². The van der Waals surface area contributed by atoms with Gasteiger partial charge in [0.15, 0.2) is 4.80 Å². The Balaban J connectivity index is 2.14. The first kappa shape index (κ1) is 17.6. The zero-order chi connectivity index (χ0) is 18.7. The van der Waals surface area contributed by atoms with Crippen LogP contribution in [0.3, 0.4) is 0 Å². The average molecular weight is 369 g/mol. The Bertz CT molecular complexity index is 1080. The Labute approximate surface area is 152 Å². The first-order chi connectivity index (χ1) is 12.5. The maximum absolute atomic E-state index is 12.5. The second-order valence-electron chi connectivity index (χ2n) is 5.34. The van der Waals surface area contributed by atoms with Crippen molar-refractivity contribution in [3.05, 3.63) is 75.6 Å². The number of amides is 1. The fraction of sp³-hybridized carbons (Fsp3) is 0.111. The normalized spacial score (nSPS) is 11.5. The molecule has 1 heterocycles. The minimum Gasteiger partial charge on any atom is -0.497 e. The molecule has 1 amide bonds. The molecule has 26 heavy (non-hydrogen) atoms. The van der Waals surface area contributed by atoms with E-state index in [9.17, 15) is 14.9 Å². The zero-order valence-corrected chi connectivity index (χ0v) is 14.7. The lowest BCUT2D eigenvalue weighted by Gasteiger charge is -2.02. The predicted octanol–water partition coefficient (Wildman–Crippen LogP) is 3.55. The summed E-state index contributed by atoms with van der Waals surface area (Å²) >= 11 is 1.29. The van der Waals surface area contributed by atoms with Gasteiger partial charge in [-0.1, -0.05) is 23.5 Å². The van der Waals surface area contributed by atoms with Gasteiger partial charge in [-0.15, -0.1) is 6.58 Å². The van der Waals surface area contributed by atoms with Crippen LogP contribution >= 0.6 is 11.3 Å². The highest BCUT2D eigenvalue weighted by molar-refractivity contribution is 7.16. The molecule has 2 aromatic carbocycles. The SMILES string of the molecule is C=CCn1c(=NC(=O)c2cccc(OC)c2)sc2ccc([N+](=O)[O-])cc21. The third-order valence-corrected chi connectivity index (χ3v) is 4.76. The summed E-state index contributed by atoms with van der Waals surface area (Å²) in [5, 5.41) is 11.0. The number of non-ortho nitro benzene ring substituents is 1. The van der Waals surface area contributed by atoms with E-state index in [1.54, 1.807) is 41.0 Å². The van der Waals surface area contributed by atoms with Gasteiger partial charge in [-0.3, -0.25) is 14.9 Å². The summed E-state index contributed by atoms with van der Waals surface area (Å²) in [5.41, 5.74) is 1.03. The molecule has 3 aromatic rings. The van der Waals surface area contributed by atoms with E-state index in [-0.39, 0.29) is 5.69 Å². The van der Waals surface area contributed by atoms with Gasteiger partial charge in [-0.2, -0.15) is 4.99 Å². The standard InChI is InChI=1S/C18H15N3O4S/c1-3-9-20-15-11-13(21(23)24)7-8-16(15)26-18(20)19-17(22)12-5-4-6-14(10-12)25-2/h3-8,10-11H,1,9H2,2H3. The minimum absolute atomic E-state index is 0.0150. The van der Waals surface area contributed by atoms with Crippen molar-refractivity contribution in [1.29, 1.82) is 0 Å². The van der Waals surface area contributed by atoms with Crippen LogP contribution in [0.4, 0.5) is 5.69 Å². The number of allylic oxidation sites excluding steroid dienone is 1. The quantitative estimate of drug-likeness (QED) is 0.391. The molecule has 7 nitrogen and oxygen atoms in total. The second-order valence-corrected chi connectivity index (χ2v) is 6.35. The number of hydrogen-bond donors (Lipinski definition) is 0. The Morgan fingerprint density at radius 1 is 1.38 bits per heavy atom. The number of nitro benzene ring substituents is 1. The number of rotatable bonds is 5. The van der Waals surface area contributed by atoms with Gasteiger partial charge in [0, 0.05) is 24.2 Å². The minimum atomic E-state index is -0.451. The van der Waals surface area contributed by atoms with E-state index < -0.39 is 10.8 Å². The molecule has 0 spiro atoms. The largest absolute Gasteiger partial charge is 0.497 e. The summed E-state index contributed by atoms with van der Waals surface area (Å²) in [6.45, 7) is 4.09. The molecule has 8 heteroatoms. The summed E-state index contributed by atoms with van der Waals surface area (Å²) in [4.78, 5) is 27.8. The Hall–Kier alpha value is -3.26. The van der Waals surface area contributed by atoms with E-state index in [1.807, 2.05) is 0 Å². The molecule has 0 radical (unpaired) electrons. The lowest BCUT2D eigenvalue weighted by atomic mass is 10.2. The molecule has 132 valence electrons. The van der Waals surface area contributed by atoms with Crippen LogP contribution in [0.2, 0.25) is 0 Å². The van der Waals surface area contributed by atoms with Gasteiger partial charge in [0.05, 0.1) is 22.2 Å². The Morgan fingerprint density at radius 2 is 2.19 bits per heavy atom. The van der Waals surface area contributed by atoms with Crippen molar-refractivity contribution in [2.75, 3.05) is 7.11 Å². The summed E-state index contributed by atoms with van der Waals surface area (Å²) in [7, 11) is 1.53. The molecule has 0 saturated heterocycles. The van der Waals surface area contributed by atoms with Crippen molar-refractivity contribution in [1.82, 2.24) is 4.57 Å². The third-order valence-electron chi connectivity index (χ3n) is 3.70. The number of benzene rings is 2. The van der Waals surface area contributed by atoms with Crippen molar-refractivity contribution in [3.63, 3.8) is 0 Å². The van der Waals surface area contributed by atoms with Crippen molar-refractivity contribution in [2.24, 2.45) is 4.99 Å². The monoisotopic (exact) mass is 369 g/mol. The number of carbonyl (C=O) groups excluding carboxylic acids is 1. The lowest BCUT2D eigenvalue weighted by Crippen LogP contribution is -2.16. The van der Waals surface area contributed by atoms with Crippen LogP contribution in [-0.2, 0) is 6.54 Å². The number of fused-ring (bicyclic) bond motifs is 1. The molecule has 0 saturated carbocycles. The number of carbonyl (C=O) groups is 1. The summed E-state index contributed by atoms with van der Waals surface area (Å²) < 4.78 is 7.66. The van der Waals surface area contributed by atoms with Crippen LogP contribution in [0.25, 0.3) is 10.2 Å². The number of methoxy groups -OCH3 is 1. The van der Waals surface area contributed by atoms with E-state index in [4.69, 9.17) is 4.74 Å². The Kier molecular flexibility index (Phi) is 4.94. The zero-order valence-electron chi connectivity index (χ0n) is 13.9. The van der Waals surface area contributed by atoms with E-state index in [2.05, 4.69) is 11.6 Å². The Morgan fingerprint density at radius 3 is 2.88 bits per heavy atom. The van der Waals surface area contributed by atoms with Crippen molar-refractivity contribution < 1.29 is 14.5 Å². The van der Waals surface area contributed by atoms with Gasteiger partial charge in [-0.25, -0.2) is 0 Å². The molecule has 0 bridgehead atoms.